The van der Waals surface area contributed by atoms with Gasteiger partial charge in [-0.05, 0) is 42.3 Å². The minimum Gasteiger partial charge on any atom is -0.486 e. The number of ketones is 1. The van der Waals surface area contributed by atoms with Gasteiger partial charge in [-0.2, -0.15) is 0 Å². The molecular weight excluding hydrogens is 389 g/mol. The summed E-state index contributed by atoms with van der Waals surface area (Å²) in [5, 5.41) is 3.95. The molecule has 0 saturated carbocycles. The minimum absolute atomic E-state index is 0.108. The number of halogens is 2. The van der Waals surface area contributed by atoms with Crippen LogP contribution in [-0.2, 0) is 11.2 Å². The Morgan fingerprint density at radius 1 is 0.963 bits per heavy atom. The molecule has 0 aliphatic carbocycles. The Bertz CT molecular complexity index is 854. The third kappa shape index (κ3) is 5.37. The molecule has 1 amide bonds. The van der Waals surface area contributed by atoms with Gasteiger partial charge in [-0.1, -0.05) is 29.3 Å². The lowest BCUT2D eigenvalue weighted by Gasteiger charge is -2.18. The normalized spacial score (nSPS) is 12.5. The number of benzene rings is 2. The molecule has 0 unspecified atom stereocenters. The van der Waals surface area contributed by atoms with Crippen molar-refractivity contribution in [3.05, 3.63) is 57.6 Å². The Balaban J connectivity index is 1.44. The first-order valence-corrected chi connectivity index (χ1v) is 9.42. The van der Waals surface area contributed by atoms with Crippen molar-refractivity contribution in [2.75, 3.05) is 19.8 Å². The Labute approximate surface area is 167 Å². The van der Waals surface area contributed by atoms with E-state index >= 15 is 0 Å². The van der Waals surface area contributed by atoms with E-state index < -0.39 is 0 Å². The molecule has 1 aliphatic rings. The van der Waals surface area contributed by atoms with E-state index in [9.17, 15) is 9.59 Å². The van der Waals surface area contributed by atoms with Gasteiger partial charge in [0.05, 0.1) is 0 Å². The molecule has 0 spiro atoms. The fraction of sp³-hybridized carbons (Fsp3) is 0.300. The molecule has 1 aliphatic heterocycles. The first kappa shape index (κ1) is 19.5. The average Bonchev–Trinajstić information content (AvgIpc) is 2.67. The van der Waals surface area contributed by atoms with Crippen molar-refractivity contribution in [2.45, 2.75) is 19.3 Å². The number of Topliss-reactive ketones (excluding diaryl/α,β-unsaturated/α-hetero) is 1. The standard InChI is InChI=1S/C20H19Cl2NO4/c21-15-3-1-13(16(22)12-15)7-8-23-20(25)6-4-17(24)14-2-5-18-19(11-14)27-10-9-26-18/h1-3,5,11-12H,4,6-10H2,(H,23,25). The van der Waals surface area contributed by atoms with E-state index in [-0.39, 0.29) is 24.5 Å². The number of hydrogen-bond donors (Lipinski definition) is 1. The van der Waals surface area contributed by atoms with Crippen LogP contribution in [0, 0.1) is 0 Å². The summed E-state index contributed by atoms with van der Waals surface area (Å²) in [6, 6.07) is 10.3. The lowest BCUT2D eigenvalue weighted by molar-refractivity contribution is -0.121. The highest BCUT2D eigenvalue weighted by molar-refractivity contribution is 6.35. The zero-order valence-electron chi connectivity index (χ0n) is 14.6. The largest absolute Gasteiger partial charge is 0.486 e. The SMILES string of the molecule is O=C(CCC(=O)c1ccc2c(c1)OCCO2)NCCc1ccc(Cl)cc1Cl. The van der Waals surface area contributed by atoms with Crippen LogP contribution in [0.5, 0.6) is 11.5 Å². The second kappa shape index (κ2) is 9.11. The number of amides is 1. The zero-order valence-corrected chi connectivity index (χ0v) is 16.1. The molecule has 1 heterocycles. The van der Waals surface area contributed by atoms with Crippen molar-refractivity contribution in [3.63, 3.8) is 0 Å². The number of fused-ring (bicyclic) bond motifs is 1. The maximum absolute atomic E-state index is 12.3. The van der Waals surface area contributed by atoms with Crippen molar-refractivity contribution in [2.24, 2.45) is 0 Å². The lowest BCUT2D eigenvalue weighted by atomic mass is 10.1. The quantitative estimate of drug-likeness (QED) is 0.702. The molecule has 0 fully saturated rings. The van der Waals surface area contributed by atoms with Crippen LogP contribution in [0.4, 0.5) is 0 Å². The third-order valence-corrected chi connectivity index (χ3v) is 4.76. The summed E-state index contributed by atoms with van der Waals surface area (Å²) in [4.78, 5) is 24.3. The van der Waals surface area contributed by atoms with Gasteiger partial charge in [0.25, 0.3) is 0 Å². The number of ether oxygens (including phenoxy) is 2. The molecule has 7 heteroatoms. The van der Waals surface area contributed by atoms with Crippen LogP contribution in [0.2, 0.25) is 10.0 Å². The van der Waals surface area contributed by atoms with E-state index in [1.807, 2.05) is 6.07 Å². The van der Waals surface area contributed by atoms with Crippen LogP contribution in [0.1, 0.15) is 28.8 Å². The van der Waals surface area contributed by atoms with Gasteiger partial charge in [0.15, 0.2) is 17.3 Å². The van der Waals surface area contributed by atoms with Crippen molar-refractivity contribution in [1.82, 2.24) is 5.32 Å². The van der Waals surface area contributed by atoms with Crippen molar-refractivity contribution in [1.29, 1.82) is 0 Å². The molecule has 5 nitrogen and oxygen atoms in total. The highest BCUT2D eigenvalue weighted by Crippen LogP contribution is 2.31. The number of hydrogen-bond acceptors (Lipinski definition) is 4. The van der Waals surface area contributed by atoms with Crippen LogP contribution in [0.15, 0.2) is 36.4 Å². The number of carbonyl (C=O) groups is 2. The van der Waals surface area contributed by atoms with Crippen molar-refractivity contribution in [3.8, 4) is 11.5 Å². The van der Waals surface area contributed by atoms with Crippen molar-refractivity contribution >= 4 is 34.9 Å². The average molecular weight is 408 g/mol. The van der Waals surface area contributed by atoms with Gasteiger partial charge < -0.3 is 14.8 Å². The first-order valence-electron chi connectivity index (χ1n) is 8.66. The molecule has 0 atom stereocenters. The molecular formula is C20H19Cl2NO4. The van der Waals surface area contributed by atoms with E-state index in [0.29, 0.717) is 53.3 Å². The fourth-order valence-electron chi connectivity index (χ4n) is 2.74. The summed E-state index contributed by atoms with van der Waals surface area (Å²) in [5.41, 5.74) is 1.42. The fourth-order valence-corrected chi connectivity index (χ4v) is 3.24. The third-order valence-electron chi connectivity index (χ3n) is 4.17. The lowest BCUT2D eigenvalue weighted by Crippen LogP contribution is -2.26. The van der Waals surface area contributed by atoms with Crippen LogP contribution < -0.4 is 14.8 Å². The Kier molecular flexibility index (Phi) is 6.58. The van der Waals surface area contributed by atoms with E-state index in [1.54, 1.807) is 30.3 Å². The van der Waals surface area contributed by atoms with Crippen LogP contribution in [0.25, 0.3) is 0 Å². The molecule has 2 aromatic rings. The summed E-state index contributed by atoms with van der Waals surface area (Å²) in [6.45, 7) is 1.41. The van der Waals surface area contributed by atoms with Crippen LogP contribution in [0.3, 0.4) is 0 Å². The maximum atomic E-state index is 12.3. The van der Waals surface area contributed by atoms with E-state index in [1.165, 1.54) is 0 Å². The van der Waals surface area contributed by atoms with E-state index in [0.717, 1.165) is 5.56 Å². The predicted molar refractivity (Wildman–Crippen MR) is 104 cm³/mol. The smallest absolute Gasteiger partial charge is 0.220 e. The molecule has 0 bridgehead atoms. The van der Waals surface area contributed by atoms with Gasteiger partial charge in [0, 0.05) is 35.0 Å². The molecule has 0 saturated heterocycles. The highest BCUT2D eigenvalue weighted by Gasteiger charge is 2.15. The second-order valence-corrected chi connectivity index (χ2v) is 6.96. The molecule has 3 rings (SSSR count). The number of rotatable bonds is 7. The molecule has 142 valence electrons. The maximum Gasteiger partial charge on any atom is 0.220 e. The van der Waals surface area contributed by atoms with Crippen LogP contribution in [-0.4, -0.2) is 31.4 Å². The number of nitrogens with one attached hydrogen (secondary N) is 1. The summed E-state index contributed by atoms with van der Waals surface area (Å²) >= 11 is 12.0. The molecule has 1 N–H and O–H groups in total. The van der Waals surface area contributed by atoms with E-state index in [4.69, 9.17) is 32.7 Å². The number of carbonyl (C=O) groups excluding carboxylic acids is 2. The topological polar surface area (TPSA) is 64.6 Å². The van der Waals surface area contributed by atoms with E-state index in [2.05, 4.69) is 5.32 Å². The van der Waals surface area contributed by atoms with Gasteiger partial charge in [-0.15, -0.1) is 0 Å². The zero-order chi connectivity index (χ0) is 19.2. The van der Waals surface area contributed by atoms with Gasteiger partial charge in [0.2, 0.25) is 5.91 Å². The van der Waals surface area contributed by atoms with Gasteiger partial charge in [0.1, 0.15) is 13.2 Å². The Hall–Kier alpha value is -2.24. The second-order valence-electron chi connectivity index (χ2n) is 6.12. The molecule has 0 radical (unpaired) electrons. The van der Waals surface area contributed by atoms with Gasteiger partial charge in [-0.3, -0.25) is 9.59 Å². The Morgan fingerprint density at radius 2 is 1.74 bits per heavy atom. The van der Waals surface area contributed by atoms with Crippen LogP contribution >= 0.6 is 23.2 Å². The minimum atomic E-state index is -0.175. The molecule has 2 aromatic carbocycles. The van der Waals surface area contributed by atoms with Gasteiger partial charge >= 0.3 is 0 Å². The first-order chi connectivity index (χ1) is 13.0. The highest BCUT2D eigenvalue weighted by atomic mass is 35.5. The van der Waals surface area contributed by atoms with Gasteiger partial charge in [-0.25, -0.2) is 0 Å². The predicted octanol–water partition coefficient (Wildman–Crippen LogP) is 4.09. The summed E-state index contributed by atoms with van der Waals surface area (Å²) in [6.07, 6.45) is 0.854. The monoisotopic (exact) mass is 407 g/mol. The van der Waals surface area contributed by atoms with Crippen molar-refractivity contribution < 1.29 is 19.1 Å². The molecule has 0 aromatic heterocycles. The molecule has 27 heavy (non-hydrogen) atoms. The Morgan fingerprint density at radius 3 is 2.52 bits per heavy atom. The summed E-state index contributed by atoms with van der Waals surface area (Å²) in [7, 11) is 0. The summed E-state index contributed by atoms with van der Waals surface area (Å²) in [5.74, 6) is 0.918. The summed E-state index contributed by atoms with van der Waals surface area (Å²) < 4.78 is 10.9.